The summed E-state index contributed by atoms with van der Waals surface area (Å²) in [5.41, 5.74) is -1.49. The second-order valence-electron chi connectivity index (χ2n) is 5.07. The van der Waals surface area contributed by atoms with E-state index >= 15 is 0 Å². The highest BCUT2D eigenvalue weighted by molar-refractivity contribution is 7.93. The van der Waals surface area contributed by atoms with Gasteiger partial charge in [-0.3, -0.25) is 4.79 Å². The number of hydrogen-bond donors (Lipinski definition) is 0. The topological polar surface area (TPSA) is 94.3 Å². The van der Waals surface area contributed by atoms with Gasteiger partial charge >= 0.3 is 5.69 Å². The number of aromatic nitrogens is 3. The van der Waals surface area contributed by atoms with Crippen molar-refractivity contribution in [2.24, 2.45) is 7.05 Å². The van der Waals surface area contributed by atoms with Crippen molar-refractivity contribution < 1.29 is 17.6 Å². The van der Waals surface area contributed by atoms with E-state index in [9.17, 15) is 22.4 Å². The first-order valence-corrected chi connectivity index (χ1v) is 8.79. The minimum absolute atomic E-state index is 0.132. The lowest BCUT2D eigenvalue weighted by atomic mass is 10.1. The van der Waals surface area contributed by atoms with Gasteiger partial charge in [0.25, 0.3) is 0 Å². The highest BCUT2D eigenvalue weighted by Crippen LogP contribution is 2.43. The monoisotopic (exact) mass is 394 g/mol. The number of benzene rings is 1. The summed E-state index contributed by atoms with van der Waals surface area (Å²) in [6.07, 6.45) is 0. The van der Waals surface area contributed by atoms with Crippen LogP contribution in [-0.4, -0.2) is 28.7 Å². The number of rotatable bonds is 1. The molecule has 0 saturated heterocycles. The smallest absolute Gasteiger partial charge is 0.274 e. The molecule has 0 aliphatic carbocycles. The molecule has 8 nitrogen and oxygen atoms in total. The summed E-state index contributed by atoms with van der Waals surface area (Å²) in [7, 11) is -2.78. The number of anilines is 1. The molecule has 0 spiro atoms. The van der Waals surface area contributed by atoms with Crippen LogP contribution in [-0.2, 0) is 27.6 Å². The minimum Gasteiger partial charge on any atom is -0.274 e. The van der Waals surface area contributed by atoms with E-state index in [-0.39, 0.29) is 21.6 Å². The Balaban J connectivity index is 2.45. The lowest BCUT2D eigenvalue weighted by Gasteiger charge is -2.16. The van der Waals surface area contributed by atoms with Gasteiger partial charge in [-0.05, 0) is 17.7 Å². The van der Waals surface area contributed by atoms with Gasteiger partial charge in [0.15, 0.2) is 0 Å². The molecule has 0 bridgehead atoms. The van der Waals surface area contributed by atoms with E-state index < -0.39 is 38.9 Å². The molecule has 2 heterocycles. The molecule has 1 aliphatic heterocycles. The third kappa shape index (κ3) is 2.25. The van der Waals surface area contributed by atoms with Gasteiger partial charge in [0.2, 0.25) is 21.2 Å². The first kappa shape index (κ1) is 16.9. The van der Waals surface area contributed by atoms with Crippen molar-refractivity contribution in [3.05, 3.63) is 38.2 Å². The molecule has 0 N–H and O–H groups in total. The fraction of sp³-hybridized carbons (Fsp3) is 0.250. The number of sulfonamides is 1. The number of aryl methyl sites for hydroxylation is 1. The third-order valence-electron chi connectivity index (χ3n) is 3.48. The van der Waals surface area contributed by atoms with Gasteiger partial charge < -0.3 is 0 Å². The van der Waals surface area contributed by atoms with Crippen LogP contribution in [0.5, 0.6) is 0 Å². The maximum Gasteiger partial charge on any atom is 0.351 e. The predicted octanol–water partition coefficient (Wildman–Crippen LogP) is 1.21. The number of carbonyl (C=O) groups excluding carboxylic acids is 1. The molecule has 1 aromatic heterocycles. The van der Waals surface area contributed by atoms with Crippen LogP contribution in [0.2, 0.25) is 10.3 Å². The second kappa shape index (κ2) is 5.30. The van der Waals surface area contributed by atoms with Crippen molar-refractivity contribution in [2.75, 3.05) is 4.31 Å². The first-order chi connectivity index (χ1) is 11.1. The molecule has 2 aromatic rings. The summed E-state index contributed by atoms with van der Waals surface area (Å²) >= 11 is 11.8. The largest absolute Gasteiger partial charge is 0.351 e. The third-order valence-corrected chi connectivity index (χ3v) is 5.66. The van der Waals surface area contributed by atoms with Gasteiger partial charge in [-0.25, -0.2) is 31.2 Å². The van der Waals surface area contributed by atoms with Gasteiger partial charge in [-0.2, -0.15) is 0 Å². The number of hydrogen-bond acceptors (Lipinski definition) is 5. The van der Waals surface area contributed by atoms with Gasteiger partial charge in [-0.15, -0.1) is 5.10 Å². The number of halogens is 3. The highest BCUT2D eigenvalue weighted by atomic mass is 35.5. The van der Waals surface area contributed by atoms with E-state index in [0.29, 0.717) is 4.31 Å². The maximum atomic E-state index is 14.5. The Kier molecular flexibility index (Phi) is 3.74. The SMILES string of the molecule is CC(=O)N1c2c(Cl)cc(F)c(-n3c(Cl)nn(C)c3=O)c2CS1(=O)=O. The van der Waals surface area contributed by atoms with Crippen molar-refractivity contribution >= 4 is 44.8 Å². The van der Waals surface area contributed by atoms with Gasteiger partial charge in [-0.1, -0.05) is 11.6 Å². The summed E-state index contributed by atoms with van der Waals surface area (Å²) in [6.45, 7) is 1.04. The Labute approximate surface area is 145 Å². The zero-order chi connectivity index (χ0) is 18.0. The van der Waals surface area contributed by atoms with E-state index in [1.165, 1.54) is 7.05 Å². The van der Waals surface area contributed by atoms with Gasteiger partial charge in [0, 0.05) is 19.5 Å². The fourth-order valence-corrected chi connectivity index (χ4v) is 4.87. The van der Waals surface area contributed by atoms with Crippen LogP contribution < -0.4 is 9.99 Å². The van der Waals surface area contributed by atoms with Crippen LogP contribution in [0.3, 0.4) is 0 Å². The van der Waals surface area contributed by atoms with Crippen molar-refractivity contribution in [3.63, 3.8) is 0 Å². The fourth-order valence-electron chi connectivity index (χ4n) is 2.61. The van der Waals surface area contributed by atoms with Gasteiger partial charge in [0.05, 0.1) is 22.2 Å². The van der Waals surface area contributed by atoms with Crippen LogP contribution in [0, 0.1) is 5.82 Å². The number of fused-ring (bicyclic) bond motifs is 1. The Morgan fingerprint density at radius 2 is 1.96 bits per heavy atom. The number of nitrogens with zero attached hydrogens (tertiary/aromatic N) is 4. The molecule has 24 heavy (non-hydrogen) atoms. The van der Waals surface area contributed by atoms with E-state index in [4.69, 9.17) is 23.2 Å². The van der Waals surface area contributed by atoms with Crippen molar-refractivity contribution in [3.8, 4) is 5.69 Å². The summed E-state index contributed by atoms with van der Waals surface area (Å²) in [5.74, 6) is -2.47. The molecule has 0 radical (unpaired) electrons. The lowest BCUT2D eigenvalue weighted by Crippen LogP contribution is -2.31. The normalized spacial score (nSPS) is 15.6. The molecular formula is C12H9Cl2FN4O4S. The van der Waals surface area contributed by atoms with Crippen molar-refractivity contribution in [1.82, 2.24) is 14.3 Å². The molecule has 0 unspecified atom stereocenters. The van der Waals surface area contributed by atoms with E-state index in [0.717, 1.165) is 22.2 Å². The Morgan fingerprint density at radius 1 is 1.33 bits per heavy atom. The lowest BCUT2D eigenvalue weighted by molar-refractivity contribution is -0.115. The Bertz CT molecular complexity index is 1060. The highest BCUT2D eigenvalue weighted by Gasteiger charge is 2.41. The van der Waals surface area contributed by atoms with E-state index in [2.05, 4.69) is 5.10 Å². The number of amides is 1. The molecule has 0 atom stereocenters. The molecule has 0 saturated carbocycles. The molecule has 0 fully saturated rings. The zero-order valence-electron chi connectivity index (χ0n) is 12.2. The average Bonchev–Trinajstić information content (AvgIpc) is 2.85. The molecule has 3 rings (SSSR count). The van der Waals surface area contributed by atoms with Crippen LogP contribution in [0.1, 0.15) is 12.5 Å². The van der Waals surface area contributed by atoms with Crippen molar-refractivity contribution in [1.29, 1.82) is 0 Å². The Hall–Kier alpha value is -1.91. The summed E-state index contributed by atoms with van der Waals surface area (Å²) < 4.78 is 41.1. The van der Waals surface area contributed by atoms with Crippen LogP contribution in [0.15, 0.2) is 10.9 Å². The molecule has 1 amide bonds. The standard InChI is InChI=1S/C12H9Cl2FN4O4S/c1-5(20)19-9-6(4-24(19,22)23)10(8(15)3-7(9)13)18-11(14)16-17(2)12(18)21/h3H,4H2,1-2H3. The molecule has 1 aromatic carbocycles. The van der Waals surface area contributed by atoms with Crippen LogP contribution >= 0.6 is 23.2 Å². The predicted molar refractivity (Wildman–Crippen MR) is 84.6 cm³/mol. The average molecular weight is 395 g/mol. The molecule has 1 aliphatic rings. The van der Waals surface area contributed by atoms with Crippen LogP contribution in [0.25, 0.3) is 5.69 Å². The van der Waals surface area contributed by atoms with E-state index in [1.54, 1.807) is 0 Å². The summed E-state index contributed by atoms with van der Waals surface area (Å²) in [6, 6.07) is 0.822. The van der Waals surface area contributed by atoms with Gasteiger partial charge in [0.1, 0.15) is 5.82 Å². The zero-order valence-corrected chi connectivity index (χ0v) is 14.6. The quantitative estimate of drug-likeness (QED) is 0.724. The second-order valence-corrected chi connectivity index (χ2v) is 7.63. The molecule has 12 heteroatoms. The first-order valence-electron chi connectivity index (χ1n) is 6.42. The van der Waals surface area contributed by atoms with E-state index in [1.807, 2.05) is 0 Å². The maximum absolute atomic E-state index is 14.5. The Morgan fingerprint density at radius 3 is 2.46 bits per heavy atom. The molecular weight excluding hydrogens is 386 g/mol. The minimum atomic E-state index is -4.09. The molecule has 128 valence electrons. The summed E-state index contributed by atoms with van der Waals surface area (Å²) in [4.78, 5) is 23.9. The van der Waals surface area contributed by atoms with Crippen LogP contribution in [0.4, 0.5) is 10.1 Å². The number of carbonyl (C=O) groups is 1. The summed E-state index contributed by atoms with van der Waals surface area (Å²) in [5, 5.41) is 3.04. The van der Waals surface area contributed by atoms with Crippen molar-refractivity contribution in [2.45, 2.75) is 12.7 Å².